The third-order valence-corrected chi connectivity index (χ3v) is 4.10. The molecule has 114 valence electrons. The van der Waals surface area contributed by atoms with Crippen LogP contribution in [0.3, 0.4) is 0 Å². The quantitative estimate of drug-likeness (QED) is 0.528. The lowest BCUT2D eigenvalue weighted by Gasteiger charge is -2.28. The molecule has 0 aromatic carbocycles. The topological polar surface area (TPSA) is 104 Å². The summed E-state index contributed by atoms with van der Waals surface area (Å²) in [5.41, 5.74) is 0.464. The molecule has 0 aliphatic rings. The summed E-state index contributed by atoms with van der Waals surface area (Å²) in [6.07, 6.45) is 3.53. The molecule has 21 heavy (non-hydrogen) atoms. The van der Waals surface area contributed by atoms with E-state index < -0.39 is 11.5 Å². The number of aromatic amines is 1. The zero-order valence-corrected chi connectivity index (χ0v) is 13.1. The Morgan fingerprint density at radius 3 is 2.90 bits per heavy atom. The number of carbonyl (C=O) groups is 1. The highest BCUT2D eigenvalue weighted by Crippen LogP contribution is 2.25. The molecule has 0 amide bonds. The summed E-state index contributed by atoms with van der Waals surface area (Å²) in [5, 5.41) is 13.3. The van der Waals surface area contributed by atoms with E-state index in [0.717, 1.165) is 10.5 Å². The molecule has 0 fully saturated rings. The first kappa shape index (κ1) is 15.7. The van der Waals surface area contributed by atoms with E-state index in [1.165, 1.54) is 18.1 Å². The van der Waals surface area contributed by atoms with Crippen molar-refractivity contribution in [2.75, 3.05) is 5.75 Å². The van der Waals surface area contributed by atoms with E-state index in [1.54, 1.807) is 13.3 Å². The fourth-order valence-corrected chi connectivity index (χ4v) is 3.20. The second-order valence-corrected chi connectivity index (χ2v) is 6.40. The lowest BCUT2D eigenvalue weighted by molar-refractivity contribution is -0.144. The number of nitrogens with one attached hydrogen (secondary N) is 2. The number of aliphatic carboxylic acids is 1. The Bertz CT molecular complexity index is 630. The van der Waals surface area contributed by atoms with Crippen LogP contribution in [-0.2, 0) is 4.79 Å². The molecule has 0 aliphatic heterocycles. The number of aromatic nitrogens is 4. The normalized spacial score (nSPS) is 14.5. The number of fused-ring (bicyclic) bond motifs is 1. The zero-order chi connectivity index (χ0) is 15.5. The van der Waals surface area contributed by atoms with Gasteiger partial charge < -0.3 is 10.1 Å². The molecule has 1 atom stereocenters. The molecule has 0 bridgehead atoms. The maximum absolute atomic E-state index is 11.5. The molecular weight excluding hydrogens is 290 g/mol. The van der Waals surface area contributed by atoms with Crippen LogP contribution in [0.5, 0.6) is 0 Å². The van der Waals surface area contributed by atoms with Crippen LogP contribution in [0.15, 0.2) is 17.7 Å². The molecule has 2 aromatic heterocycles. The number of hydrogen-bond donors (Lipinski definition) is 3. The summed E-state index contributed by atoms with van der Waals surface area (Å²) in [4.78, 5) is 26.8. The summed E-state index contributed by atoms with van der Waals surface area (Å²) >= 11 is 1.50. The van der Waals surface area contributed by atoms with E-state index in [1.807, 2.05) is 13.8 Å². The lowest BCUT2D eigenvalue weighted by atomic mass is 9.98. The van der Waals surface area contributed by atoms with Gasteiger partial charge in [-0.25, -0.2) is 15.0 Å². The van der Waals surface area contributed by atoms with E-state index in [0.29, 0.717) is 17.8 Å². The Labute approximate surface area is 127 Å². The molecular formula is C13H19N5O2S. The van der Waals surface area contributed by atoms with E-state index in [9.17, 15) is 9.90 Å². The molecule has 1 unspecified atom stereocenters. The maximum atomic E-state index is 11.5. The number of hydrogen-bond acceptors (Lipinski definition) is 6. The first-order chi connectivity index (χ1) is 9.92. The predicted molar refractivity (Wildman–Crippen MR) is 81.3 cm³/mol. The fourth-order valence-electron chi connectivity index (χ4n) is 2.08. The van der Waals surface area contributed by atoms with Crippen molar-refractivity contribution in [2.45, 2.75) is 43.8 Å². The molecule has 0 aliphatic carbocycles. The molecule has 2 heterocycles. The van der Waals surface area contributed by atoms with Gasteiger partial charge in [-0.15, -0.1) is 11.8 Å². The number of imidazole rings is 1. The number of thioether (sulfide) groups is 1. The average Bonchev–Trinajstić information content (AvgIpc) is 2.86. The van der Waals surface area contributed by atoms with Gasteiger partial charge in [-0.1, -0.05) is 0 Å². The molecule has 3 N–H and O–H groups in total. The average molecular weight is 309 g/mol. The molecule has 7 nitrogen and oxygen atoms in total. The van der Waals surface area contributed by atoms with E-state index >= 15 is 0 Å². The molecule has 0 spiro atoms. The summed E-state index contributed by atoms with van der Waals surface area (Å²) in [7, 11) is 0. The second-order valence-electron chi connectivity index (χ2n) is 5.31. The van der Waals surface area contributed by atoms with Crippen LogP contribution < -0.4 is 5.32 Å². The van der Waals surface area contributed by atoms with Gasteiger partial charge in [0.15, 0.2) is 5.65 Å². The highest BCUT2D eigenvalue weighted by molar-refractivity contribution is 7.99. The Kier molecular flexibility index (Phi) is 4.79. The van der Waals surface area contributed by atoms with Crippen molar-refractivity contribution >= 4 is 28.9 Å². The van der Waals surface area contributed by atoms with Crippen molar-refractivity contribution in [3.05, 3.63) is 12.7 Å². The summed E-state index contributed by atoms with van der Waals surface area (Å²) in [6.45, 7) is 5.58. The Morgan fingerprint density at radius 1 is 1.48 bits per heavy atom. The van der Waals surface area contributed by atoms with Gasteiger partial charge in [0.05, 0.1) is 6.33 Å². The fraction of sp³-hybridized carbons (Fsp3) is 0.538. The van der Waals surface area contributed by atoms with Gasteiger partial charge in [0.1, 0.15) is 22.4 Å². The van der Waals surface area contributed by atoms with Crippen molar-refractivity contribution in [2.24, 2.45) is 0 Å². The van der Waals surface area contributed by atoms with Gasteiger partial charge in [-0.05, 0) is 27.2 Å². The summed E-state index contributed by atoms with van der Waals surface area (Å²) < 4.78 is 0. The minimum absolute atomic E-state index is 0.106. The monoisotopic (exact) mass is 309 g/mol. The van der Waals surface area contributed by atoms with Crippen molar-refractivity contribution in [1.29, 1.82) is 0 Å². The Balaban J connectivity index is 2.02. The third kappa shape index (κ3) is 3.70. The Morgan fingerprint density at radius 2 is 2.24 bits per heavy atom. The lowest BCUT2D eigenvalue weighted by Crippen LogP contribution is -2.52. The summed E-state index contributed by atoms with van der Waals surface area (Å²) in [5.74, 6) is -0.209. The van der Waals surface area contributed by atoms with Crippen LogP contribution >= 0.6 is 11.8 Å². The highest BCUT2D eigenvalue weighted by atomic mass is 32.2. The standard InChI is InChI=1S/C13H19N5O2S/c1-8(2)18-13(3,12(19)20)4-5-21-11-9-10(15-6-14-9)16-7-17-11/h6-8,18H,4-5H2,1-3H3,(H,19,20)(H,14,15,16,17). The van der Waals surface area contributed by atoms with Gasteiger partial charge in [0.2, 0.25) is 0 Å². The first-order valence-corrected chi connectivity index (χ1v) is 7.69. The number of carboxylic acid groups (broad SMARTS) is 1. The SMILES string of the molecule is CC(C)NC(C)(CCSc1ncnc2nc[nH]c12)C(=O)O. The van der Waals surface area contributed by atoms with Gasteiger partial charge in [0, 0.05) is 11.8 Å². The number of nitrogens with zero attached hydrogens (tertiary/aromatic N) is 3. The minimum atomic E-state index is -0.943. The van der Waals surface area contributed by atoms with Gasteiger partial charge in [-0.3, -0.25) is 10.1 Å². The zero-order valence-electron chi connectivity index (χ0n) is 12.3. The third-order valence-electron chi connectivity index (χ3n) is 3.11. The van der Waals surface area contributed by atoms with Crippen molar-refractivity contribution in [3.8, 4) is 0 Å². The highest BCUT2D eigenvalue weighted by Gasteiger charge is 2.33. The van der Waals surface area contributed by atoms with Crippen LogP contribution in [0, 0.1) is 0 Å². The molecule has 0 saturated heterocycles. The maximum Gasteiger partial charge on any atom is 0.323 e. The number of carboxylic acids is 1. The number of rotatable bonds is 7. The molecule has 2 rings (SSSR count). The molecule has 2 aromatic rings. The van der Waals surface area contributed by atoms with Crippen LogP contribution in [0.1, 0.15) is 27.2 Å². The van der Waals surface area contributed by atoms with Crippen molar-refractivity contribution in [1.82, 2.24) is 25.3 Å². The van der Waals surface area contributed by atoms with Crippen LogP contribution in [-0.4, -0.2) is 48.3 Å². The van der Waals surface area contributed by atoms with E-state index in [2.05, 4.69) is 25.3 Å². The van der Waals surface area contributed by atoms with Crippen molar-refractivity contribution < 1.29 is 9.90 Å². The molecule has 0 saturated carbocycles. The van der Waals surface area contributed by atoms with Crippen molar-refractivity contribution in [3.63, 3.8) is 0 Å². The molecule has 0 radical (unpaired) electrons. The smallest absolute Gasteiger partial charge is 0.323 e. The van der Waals surface area contributed by atoms with Gasteiger partial charge >= 0.3 is 5.97 Å². The largest absolute Gasteiger partial charge is 0.480 e. The van der Waals surface area contributed by atoms with Crippen LogP contribution in [0.2, 0.25) is 0 Å². The summed E-state index contributed by atoms with van der Waals surface area (Å²) in [6, 6.07) is 0.106. The number of H-pyrrole nitrogens is 1. The van der Waals surface area contributed by atoms with Crippen LogP contribution in [0.4, 0.5) is 0 Å². The van der Waals surface area contributed by atoms with E-state index in [-0.39, 0.29) is 6.04 Å². The van der Waals surface area contributed by atoms with Crippen LogP contribution in [0.25, 0.3) is 11.2 Å². The minimum Gasteiger partial charge on any atom is -0.480 e. The second kappa shape index (κ2) is 6.40. The van der Waals surface area contributed by atoms with E-state index in [4.69, 9.17) is 0 Å². The van der Waals surface area contributed by atoms with Gasteiger partial charge in [-0.2, -0.15) is 0 Å². The van der Waals surface area contributed by atoms with Gasteiger partial charge in [0.25, 0.3) is 0 Å². The first-order valence-electron chi connectivity index (χ1n) is 6.70. The predicted octanol–water partition coefficient (Wildman–Crippen LogP) is 1.68. The Hall–Kier alpha value is -1.67. The molecule has 8 heteroatoms.